The molecular weight excluding hydrogens is 268 g/mol. The zero-order valence-corrected chi connectivity index (χ0v) is 12.5. The van der Waals surface area contributed by atoms with Crippen LogP contribution in [0, 0.1) is 10.9 Å². The standard InChI is InChI=1S/C12H18N2O2S2/c1-7-5-14(6-8(2)16-7)11(15)4-10-9(3)13-12(17)18-10/h7-8H,4-6H2,1-3H3,(H,13,17)/t7-,8+. The van der Waals surface area contributed by atoms with E-state index in [0.717, 1.165) is 14.5 Å². The molecule has 4 nitrogen and oxygen atoms in total. The maximum Gasteiger partial charge on any atom is 0.228 e. The summed E-state index contributed by atoms with van der Waals surface area (Å²) in [5.74, 6) is 0.158. The molecule has 2 rings (SSSR count). The molecule has 2 atom stereocenters. The van der Waals surface area contributed by atoms with E-state index in [4.69, 9.17) is 17.0 Å². The number of carbonyl (C=O) groups is 1. The molecule has 0 aromatic carbocycles. The first-order valence-corrected chi connectivity index (χ1v) is 7.30. The Hall–Kier alpha value is -0.720. The van der Waals surface area contributed by atoms with E-state index in [9.17, 15) is 4.79 Å². The molecule has 1 aliphatic rings. The fourth-order valence-electron chi connectivity index (χ4n) is 2.24. The highest BCUT2D eigenvalue weighted by atomic mass is 32.1. The van der Waals surface area contributed by atoms with Crippen LogP contribution in [-0.4, -0.2) is 41.1 Å². The molecule has 6 heteroatoms. The molecule has 18 heavy (non-hydrogen) atoms. The zero-order chi connectivity index (χ0) is 13.3. The molecule has 0 unspecified atom stereocenters. The summed E-state index contributed by atoms with van der Waals surface area (Å²) in [6.45, 7) is 7.32. The van der Waals surface area contributed by atoms with Crippen molar-refractivity contribution >= 4 is 29.5 Å². The maximum absolute atomic E-state index is 12.2. The fourth-order valence-corrected chi connectivity index (χ4v) is 3.52. The molecule has 1 aromatic heterocycles. The van der Waals surface area contributed by atoms with Gasteiger partial charge in [0.15, 0.2) is 3.95 Å². The molecule has 0 spiro atoms. The molecule has 2 heterocycles. The quantitative estimate of drug-likeness (QED) is 0.849. The van der Waals surface area contributed by atoms with Crippen molar-refractivity contribution in [1.29, 1.82) is 0 Å². The minimum Gasteiger partial charge on any atom is -0.372 e. The zero-order valence-electron chi connectivity index (χ0n) is 10.9. The van der Waals surface area contributed by atoms with Crippen LogP contribution in [0.15, 0.2) is 0 Å². The molecule has 1 N–H and O–H groups in total. The Morgan fingerprint density at radius 3 is 2.61 bits per heavy atom. The minimum absolute atomic E-state index is 0.114. The molecule has 1 saturated heterocycles. The third kappa shape index (κ3) is 3.18. The van der Waals surface area contributed by atoms with Gasteiger partial charge in [0.1, 0.15) is 0 Å². The van der Waals surface area contributed by atoms with Crippen LogP contribution in [0.3, 0.4) is 0 Å². The normalized spacial score (nSPS) is 24.3. The highest BCUT2D eigenvalue weighted by molar-refractivity contribution is 7.73. The van der Waals surface area contributed by atoms with Gasteiger partial charge in [0, 0.05) is 23.7 Å². The van der Waals surface area contributed by atoms with Crippen LogP contribution in [0.1, 0.15) is 24.4 Å². The molecular formula is C12H18N2O2S2. The second-order valence-corrected chi connectivity index (χ2v) is 6.57. The monoisotopic (exact) mass is 286 g/mol. The summed E-state index contributed by atoms with van der Waals surface area (Å²) in [7, 11) is 0. The van der Waals surface area contributed by atoms with Gasteiger partial charge in [-0.1, -0.05) is 0 Å². The van der Waals surface area contributed by atoms with E-state index in [1.807, 2.05) is 25.7 Å². The summed E-state index contributed by atoms with van der Waals surface area (Å²) in [4.78, 5) is 18.2. The summed E-state index contributed by atoms with van der Waals surface area (Å²) in [6, 6.07) is 0. The van der Waals surface area contributed by atoms with Gasteiger partial charge in [-0.3, -0.25) is 4.79 Å². The average Bonchev–Trinajstić information content (AvgIpc) is 2.56. The molecule has 0 aliphatic carbocycles. The van der Waals surface area contributed by atoms with Gasteiger partial charge < -0.3 is 14.6 Å². The van der Waals surface area contributed by atoms with Crippen LogP contribution in [-0.2, 0) is 16.0 Å². The molecule has 0 radical (unpaired) electrons. The number of H-pyrrole nitrogens is 1. The lowest BCUT2D eigenvalue weighted by atomic mass is 10.2. The van der Waals surface area contributed by atoms with E-state index in [-0.39, 0.29) is 18.1 Å². The maximum atomic E-state index is 12.2. The Labute approximate surface area is 116 Å². The van der Waals surface area contributed by atoms with Crippen molar-refractivity contribution in [2.24, 2.45) is 0 Å². The predicted molar refractivity (Wildman–Crippen MR) is 74.5 cm³/mol. The van der Waals surface area contributed by atoms with E-state index in [2.05, 4.69) is 4.98 Å². The number of hydrogen-bond acceptors (Lipinski definition) is 4. The van der Waals surface area contributed by atoms with Crippen LogP contribution in [0.4, 0.5) is 0 Å². The number of aromatic amines is 1. The average molecular weight is 286 g/mol. The third-order valence-electron chi connectivity index (χ3n) is 3.01. The van der Waals surface area contributed by atoms with Gasteiger partial charge in [-0.25, -0.2) is 0 Å². The largest absolute Gasteiger partial charge is 0.372 e. The van der Waals surface area contributed by atoms with E-state index in [0.29, 0.717) is 19.5 Å². The second kappa shape index (κ2) is 5.50. The van der Waals surface area contributed by atoms with Gasteiger partial charge in [-0.2, -0.15) is 0 Å². The first kappa shape index (κ1) is 13.7. The number of amides is 1. The first-order chi connectivity index (χ1) is 8.45. The first-order valence-electron chi connectivity index (χ1n) is 6.07. The van der Waals surface area contributed by atoms with Gasteiger partial charge in [0.2, 0.25) is 5.91 Å². The fraction of sp³-hybridized carbons (Fsp3) is 0.667. The van der Waals surface area contributed by atoms with Crippen LogP contribution in [0.25, 0.3) is 0 Å². The summed E-state index contributed by atoms with van der Waals surface area (Å²) in [5, 5.41) is 0. The van der Waals surface area contributed by atoms with Crippen molar-refractivity contribution in [1.82, 2.24) is 9.88 Å². The molecule has 100 valence electrons. The highest BCUT2D eigenvalue weighted by Crippen LogP contribution is 2.18. The van der Waals surface area contributed by atoms with Crippen LogP contribution < -0.4 is 0 Å². The van der Waals surface area contributed by atoms with Crippen molar-refractivity contribution in [3.05, 3.63) is 14.5 Å². The molecule has 1 aromatic rings. The number of carbonyl (C=O) groups excluding carboxylic acids is 1. The van der Waals surface area contributed by atoms with Crippen molar-refractivity contribution in [3.8, 4) is 0 Å². The number of thiazole rings is 1. The molecule has 1 aliphatic heterocycles. The van der Waals surface area contributed by atoms with Crippen molar-refractivity contribution in [2.45, 2.75) is 39.4 Å². The minimum atomic E-state index is 0.114. The highest BCUT2D eigenvalue weighted by Gasteiger charge is 2.26. The van der Waals surface area contributed by atoms with Crippen molar-refractivity contribution in [3.63, 3.8) is 0 Å². The summed E-state index contributed by atoms with van der Waals surface area (Å²) in [6.07, 6.45) is 0.662. The Morgan fingerprint density at radius 1 is 1.50 bits per heavy atom. The number of nitrogens with zero attached hydrogens (tertiary/aromatic N) is 1. The van der Waals surface area contributed by atoms with E-state index in [1.165, 1.54) is 11.3 Å². The third-order valence-corrected chi connectivity index (χ3v) is 4.34. The number of aromatic nitrogens is 1. The van der Waals surface area contributed by atoms with E-state index in [1.54, 1.807) is 0 Å². The predicted octanol–water partition coefficient (Wildman–Crippen LogP) is 2.29. The number of aryl methyl sites for hydroxylation is 1. The number of morpholine rings is 1. The Morgan fingerprint density at radius 2 is 2.11 bits per heavy atom. The summed E-state index contributed by atoms with van der Waals surface area (Å²) < 4.78 is 6.37. The number of hydrogen-bond donors (Lipinski definition) is 1. The lowest BCUT2D eigenvalue weighted by Gasteiger charge is -2.35. The number of nitrogens with one attached hydrogen (secondary N) is 1. The molecule has 1 fully saturated rings. The van der Waals surface area contributed by atoms with Gasteiger partial charge in [0.25, 0.3) is 0 Å². The topological polar surface area (TPSA) is 45.3 Å². The molecule has 0 bridgehead atoms. The SMILES string of the molecule is Cc1[nH]c(=S)sc1CC(=O)N1C[C@@H](C)O[C@@H](C)C1. The van der Waals surface area contributed by atoms with Crippen molar-refractivity contribution < 1.29 is 9.53 Å². The lowest BCUT2D eigenvalue weighted by Crippen LogP contribution is -2.48. The summed E-state index contributed by atoms with van der Waals surface area (Å²) in [5.41, 5.74) is 1.01. The van der Waals surface area contributed by atoms with Crippen LogP contribution >= 0.6 is 23.6 Å². The van der Waals surface area contributed by atoms with Crippen molar-refractivity contribution in [2.75, 3.05) is 13.1 Å². The van der Waals surface area contributed by atoms with Gasteiger partial charge in [-0.15, -0.1) is 11.3 Å². The Balaban J connectivity index is 2.03. The molecule has 0 saturated carbocycles. The Kier molecular flexibility index (Phi) is 4.19. The number of rotatable bonds is 2. The van der Waals surface area contributed by atoms with Gasteiger partial charge in [-0.05, 0) is 33.0 Å². The lowest BCUT2D eigenvalue weighted by molar-refractivity contribution is -0.142. The number of ether oxygens (including phenoxy) is 1. The van der Waals surface area contributed by atoms with E-state index < -0.39 is 0 Å². The molecule has 1 amide bonds. The van der Waals surface area contributed by atoms with Gasteiger partial charge >= 0.3 is 0 Å². The summed E-state index contributed by atoms with van der Waals surface area (Å²) >= 11 is 6.57. The van der Waals surface area contributed by atoms with Crippen LogP contribution in [0.5, 0.6) is 0 Å². The van der Waals surface area contributed by atoms with E-state index >= 15 is 0 Å². The van der Waals surface area contributed by atoms with Crippen LogP contribution in [0.2, 0.25) is 0 Å². The smallest absolute Gasteiger partial charge is 0.228 e. The second-order valence-electron chi connectivity index (χ2n) is 4.80. The Bertz CT molecular complexity index is 485. The van der Waals surface area contributed by atoms with Gasteiger partial charge in [0.05, 0.1) is 18.6 Å².